The molecular formula is C12H11BrFNO2S2. The lowest BCUT2D eigenvalue weighted by Crippen LogP contribution is -2.24. The van der Waals surface area contributed by atoms with E-state index >= 15 is 0 Å². The van der Waals surface area contributed by atoms with E-state index in [-0.39, 0.29) is 11.4 Å². The van der Waals surface area contributed by atoms with E-state index in [1.807, 2.05) is 17.7 Å². The summed E-state index contributed by atoms with van der Waals surface area (Å²) in [6.07, 6.45) is 0. The van der Waals surface area contributed by atoms with Gasteiger partial charge in [0.15, 0.2) is 0 Å². The summed E-state index contributed by atoms with van der Waals surface area (Å²) in [5.41, 5.74) is 1.91. The Labute approximate surface area is 123 Å². The van der Waals surface area contributed by atoms with E-state index in [2.05, 4.69) is 20.7 Å². The molecule has 0 saturated carbocycles. The number of nitrogens with one attached hydrogen (secondary N) is 1. The minimum atomic E-state index is -3.84. The zero-order valence-corrected chi connectivity index (χ0v) is 13.2. The van der Waals surface area contributed by atoms with Gasteiger partial charge >= 0.3 is 0 Å². The minimum absolute atomic E-state index is 0.160. The molecule has 0 fully saturated rings. The summed E-state index contributed by atoms with van der Waals surface area (Å²) in [6.45, 7) is 2.06. The van der Waals surface area contributed by atoms with Crippen LogP contribution >= 0.6 is 27.3 Å². The fraction of sp³-hybridized carbons (Fsp3) is 0.167. The lowest BCUT2D eigenvalue weighted by atomic mass is 10.2. The fourth-order valence-corrected chi connectivity index (χ4v) is 3.77. The molecule has 0 spiro atoms. The molecule has 0 bridgehead atoms. The van der Waals surface area contributed by atoms with E-state index in [1.54, 1.807) is 0 Å². The van der Waals surface area contributed by atoms with E-state index in [0.717, 1.165) is 17.2 Å². The Morgan fingerprint density at radius 3 is 2.68 bits per heavy atom. The molecule has 0 atom stereocenters. The second-order valence-corrected chi connectivity index (χ2v) is 7.37. The SMILES string of the molecule is Cc1cscc1CNS(=O)(=O)c1ccc(Br)cc1F. The number of hydrogen-bond acceptors (Lipinski definition) is 3. The van der Waals surface area contributed by atoms with Crippen molar-refractivity contribution in [3.05, 3.63) is 50.4 Å². The van der Waals surface area contributed by atoms with E-state index < -0.39 is 15.8 Å². The van der Waals surface area contributed by atoms with Gasteiger partial charge in [-0.05, 0) is 47.0 Å². The summed E-state index contributed by atoms with van der Waals surface area (Å²) < 4.78 is 40.6. The number of halogens is 2. The first-order chi connectivity index (χ1) is 8.90. The fourth-order valence-electron chi connectivity index (χ4n) is 1.51. The summed E-state index contributed by atoms with van der Waals surface area (Å²) in [5, 5.41) is 3.81. The monoisotopic (exact) mass is 363 g/mol. The molecule has 0 aliphatic heterocycles. The number of thiophene rings is 1. The van der Waals surface area contributed by atoms with Crippen LogP contribution in [-0.4, -0.2) is 8.42 Å². The zero-order valence-electron chi connectivity index (χ0n) is 9.98. The third-order valence-electron chi connectivity index (χ3n) is 2.60. The van der Waals surface area contributed by atoms with Crippen LogP contribution < -0.4 is 4.72 Å². The Morgan fingerprint density at radius 1 is 1.37 bits per heavy atom. The van der Waals surface area contributed by atoms with Gasteiger partial charge in [-0.25, -0.2) is 17.5 Å². The summed E-state index contributed by atoms with van der Waals surface area (Å²) in [7, 11) is -3.84. The van der Waals surface area contributed by atoms with Crippen LogP contribution in [0.1, 0.15) is 11.1 Å². The second-order valence-electron chi connectivity index (χ2n) is 3.98. The molecule has 2 aromatic rings. The van der Waals surface area contributed by atoms with Gasteiger partial charge < -0.3 is 0 Å². The maximum atomic E-state index is 13.6. The summed E-state index contributed by atoms with van der Waals surface area (Å²) in [4.78, 5) is -0.344. The van der Waals surface area contributed by atoms with Crippen LogP contribution in [0.5, 0.6) is 0 Å². The predicted molar refractivity (Wildman–Crippen MR) is 77.2 cm³/mol. The number of benzene rings is 1. The lowest BCUT2D eigenvalue weighted by molar-refractivity contribution is 0.556. The molecule has 1 aromatic heterocycles. The average Bonchev–Trinajstić information content (AvgIpc) is 2.72. The number of aryl methyl sites for hydroxylation is 1. The molecule has 0 radical (unpaired) electrons. The van der Waals surface area contributed by atoms with Gasteiger partial charge in [-0.2, -0.15) is 11.3 Å². The Kier molecular flexibility index (Phi) is 4.39. The predicted octanol–water partition coefficient (Wildman–Crippen LogP) is 3.44. The standard InChI is InChI=1S/C12H11BrFNO2S2/c1-8-6-18-7-9(8)5-15-19(16,17)12-3-2-10(13)4-11(12)14/h2-4,6-7,15H,5H2,1H3. The second kappa shape index (κ2) is 5.70. The maximum absolute atomic E-state index is 13.6. The van der Waals surface area contributed by atoms with Crippen molar-refractivity contribution in [3.63, 3.8) is 0 Å². The Morgan fingerprint density at radius 2 is 2.11 bits per heavy atom. The highest BCUT2D eigenvalue weighted by molar-refractivity contribution is 9.10. The van der Waals surface area contributed by atoms with Crippen molar-refractivity contribution in [1.82, 2.24) is 4.72 Å². The van der Waals surface area contributed by atoms with Gasteiger partial charge in [0.05, 0.1) is 0 Å². The first-order valence-electron chi connectivity index (χ1n) is 5.36. The number of sulfonamides is 1. The van der Waals surface area contributed by atoms with Crippen LogP contribution in [0, 0.1) is 12.7 Å². The molecule has 19 heavy (non-hydrogen) atoms. The van der Waals surface area contributed by atoms with Gasteiger partial charge in [0.2, 0.25) is 10.0 Å². The molecule has 0 unspecified atom stereocenters. The van der Waals surface area contributed by atoms with Gasteiger partial charge in [0.1, 0.15) is 10.7 Å². The van der Waals surface area contributed by atoms with Gasteiger partial charge in [-0.15, -0.1) is 0 Å². The van der Waals surface area contributed by atoms with Crippen molar-refractivity contribution in [1.29, 1.82) is 0 Å². The maximum Gasteiger partial charge on any atom is 0.243 e. The molecule has 0 aliphatic carbocycles. The molecular weight excluding hydrogens is 353 g/mol. The lowest BCUT2D eigenvalue weighted by Gasteiger charge is -2.07. The van der Waals surface area contributed by atoms with Crippen molar-refractivity contribution in [2.75, 3.05) is 0 Å². The molecule has 102 valence electrons. The molecule has 0 aliphatic rings. The molecule has 3 nitrogen and oxygen atoms in total. The van der Waals surface area contributed by atoms with Gasteiger partial charge in [-0.1, -0.05) is 15.9 Å². The zero-order chi connectivity index (χ0) is 14.0. The third kappa shape index (κ3) is 3.42. The Hall–Kier alpha value is -0.760. The van der Waals surface area contributed by atoms with Crippen LogP contribution in [0.4, 0.5) is 4.39 Å². The molecule has 0 saturated heterocycles. The normalized spacial score (nSPS) is 11.7. The minimum Gasteiger partial charge on any atom is -0.207 e. The first kappa shape index (κ1) is 14.6. The highest BCUT2D eigenvalue weighted by Crippen LogP contribution is 2.20. The molecule has 1 N–H and O–H groups in total. The Bertz CT molecular complexity index is 698. The van der Waals surface area contributed by atoms with Crippen LogP contribution in [0.2, 0.25) is 0 Å². The van der Waals surface area contributed by atoms with E-state index in [9.17, 15) is 12.8 Å². The smallest absolute Gasteiger partial charge is 0.207 e. The first-order valence-corrected chi connectivity index (χ1v) is 8.58. The van der Waals surface area contributed by atoms with Crippen molar-refractivity contribution >= 4 is 37.3 Å². The quantitative estimate of drug-likeness (QED) is 0.904. The topological polar surface area (TPSA) is 46.2 Å². The third-order valence-corrected chi connectivity index (χ3v) is 5.44. The largest absolute Gasteiger partial charge is 0.243 e. The van der Waals surface area contributed by atoms with E-state index in [0.29, 0.717) is 4.47 Å². The van der Waals surface area contributed by atoms with Crippen LogP contribution in [-0.2, 0) is 16.6 Å². The van der Waals surface area contributed by atoms with Gasteiger partial charge in [0.25, 0.3) is 0 Å². The van der Waals surface area contributed by atoms with Crippen LogP contribution in [0.3, 0.4) is 0 Å². The average molecular weight is 364 g/mol. The number of hydrogen-bond donors (Lipinski definition) is 1. The van der Waals surface area contributed by atoms with Crippen molar-refractivity contribution in [2.24, 2.45) is 0 Å². The van der Waals surface area contributed by atoms with E-state index in [4.69, 9.17) is 0 Å². The molecule has 0 amide bonds. The Balaban J connectivity index is 2.21. The van der Waals surface area contributed by atoms with Crippen molar-refractivity contribution < 1.29 is 12.8 Å². The van der Waals surface area contributed by atoms with Crippen LogP contribution in [0.25, 0.3) is 0 Å². The van der Waals surface area contributed by atoms with E-state index in [1.165, 1.54) is 23.5 Å². The van der Waals surface area contributed by atoms with Gasteiger partial charge in [-0.3, -0.25) is 0 Å². The number of rotatable bonds is 4. The van der Waals surface area contributed by atoms with Gasteiger partial charge in [0, 0.05) is 11.0 Å². The highest BCUT2D eigenvalue weighted by Gasteiger charge is 2.19. The molecule has 1 aromatic carbocycles. The summed E-state index contributed by atoms with van der Waals surface area (Å²) >= 11 is 4.59. The summed E-state index contributed by atoms with van der Waals surface area (Å²) in [6, 6.07) is 3.86. The van der Waals surface area contributed by atoms with Crippen molar-refractivity contribution in [3.8, 4) is 0 Å². The molecule has 1 heterocycles. The molecule has 2 rings (SSSR count). The van der Waals surface area contributed by atoms with Crippen LogP contribution in [0.15, 0.2) is 38.3 Å². The summed E-state index contributed by atoms with van der Waals surface area (Å²) in [5.74, 6) is -0.774. The van der Waals surface area contributed by atoms with Crippen molar-refractivity contribution in [2.45, 2.75) is 18.4 Å². The highest BCUT2D eigenvalue weighted by atomic mass is 79.9. The molecule has 7 heteroatoms.